The van der Waals surface area contributed by atoms with Crippen LogP contribution in [-0.2, 0) is 11.2 Å². The number of amides is 1. The molecule has 0 aromatic heterocycles. The average Bonchev–Trinajstić information content (AvgIpc) is 2.52. The van der Waals surface area contributed by atoms with Crippen molar-refractivity contribution < 1.29 is 23.0 Å². The number of fused-ring (bicyclic) bond motifs is 3. The molecule has 0 bridgehead atoms. The van der Waals surface area contributed by atoms with E-state index in [9.17, 15) is 13.6 Å². The normalized spacial score (nSPS) is 20.2. The van der Waals surface area contributed by atoms with Crippen LogP contribution < -0.4 is 14.8 Å². The first-order chi connectivity index (χ1) is 7.55. The predicted molar refractivity (Wildman–Crippen MR) is 49.6 cm³/mol. The molecule has 84 valence electrons. The second kappa shape index (κ2) is 2.84. The zero-order chi connectivity index (χ0) is 11.3. The van der Waals surface area contributed by atoms with Crippen molar-refractivity contribution in [3.8, 4) is 11.5 Å². The molecule has 2 aliphatic rings. The maximum atomic E-state index is 12.9. The van der Waals surface area contributed by atoms with Gasteiger partial charge >= 0.3 is 6.29 Å². The number of nitrogens with one attached hydrogen (secondary N) is 1. The Balaban J connectivity index is 2.09. The molecule has 6 heteroatoms. The molecule has 1 N–H and O–H groups in total. The lowest BCUT2D eigenvalue weighted by molar-refractivity contribution is -0.286. The van der Waals surface area contributed by atoms with E-state index in [2.05, 4.69) is 14.8 Å². The first-order valence-electron chi connectivity index (χ1n) is 4.77. The minimum Gasteiger partial charge on any atom is -0.395 e. The minimum absolute atomic E-state index is 0.0138. The number of carbonyl (C=O) groups excluding carboxylic acids is 1. The second-order valence-corrected chi connectivity index (χ2v) is 3.63. The Labute approximate surface area is 89.1 Å². The Morgan fingerprint density at radius 2 is 2.06 bits per heavy atom. The SMILES string of the molecule is O=C1CCc2c(ccc3c2OC(F)(F)O3)N1. The van der Waals surface area contributed by atoms with Crippen LogP contribution in [0.3, 0.4) is 0 Å². The third kappa shape index (κ3) is 1.30. The molecule has 16 heavy (non-hydrogen) atoms. The van der Waals surface area contributed by atoms with Gasteiger partial charge in [0.1, 0.15) is 0 Å². The van der Waals surface area contributed by atoms with Gasteiger partial charge in [-0.3, -0.25) is 4.79 Å². The smallest absolute Gasteiger partial charge is 0.395 e. The molecule has 0 unspecified atom stereocenters. The van der Waals surface area contributed by atoms with Gasteiger partial charge in [0.05, 0.1) is 0 Å². The molecule has 3 rings (SSSR count). The Bertz CT molecular complexity index is 487. The van der Waals surface area contributed by atoms with Gasteiger partial charge in [-0.15, -0.1) is 8.78 Å². The molecule has 2 heterocycles. The summed E-state index contributed by atoms with van der Waals surface area (Å²) >= 11 is 0. The van der Waals surface area contributed by atoms with E-state index in [-0.39, 0.29) is 23.8 Å². The highest BCUT2D eigenvalue weighted by atomic mass is 19.3. The third-order valence-corrected chi connectivity index (χ3v) is 2.55. The maximum Gasteiger partial charge on any atom is 0.586 e. The molecular weight excluding hydrogens is 220 g/mol. The van der Waals surface area contributed by atoms with Gasteiger partial charge in [0.25, 0.3) is 0 Å². The molecule has 0 saturated carbocycles. The highest BCUT2D eigenvalue weighted by Gasteiger charge is 2.45. The van der Waals surface area contributed by atoms with Gasteiger partial charge in [-0.05, 0) is 18.6 Å². The van der Waals surface area contributed by atoms with Crippen molar-refractivity contribution in [3.05, 3.63) is 17.7 Å². The standard InChI is InChI=1S/C10H7F2NO3/c11-10(12)15-7-3-2-6-5(9(7)16-10)1-4-8(14)13-6/h2-3H,1,4H2,(H,13,14). The average molecular weight is 227 g/mol. The van der Waals surface area contributed by atoms with E-state index in [0.717, 1.165) is 0 Å². The quantitative estimate of drug-likeness (QED) is 0.736. The van der Waals surface area contributed by atoms with Crippen molar-refractivity contribution in [2.24, 2.45) is 0 Å². The van der Waals surface area contributed by atoms with E-state index in [0.29, 0.717) is 17.7 Å². The topological polar surface area (TPSA) is 47.6 Å². The van der Waals surface area contributed by atoms with Gasteiger partial charge in [0.15, 0.2) is 11.5 Å². The van der Waals surface area contributed by atoms with Crippen molar-refractivity contribution >= 4 is 11.6 Å². The second-order valence-electron chi connectivity index (χ2n) is 3.63. The predicted octanol–water partition coefficient (Wildman–Crippen LogP) is 1.89. The summed E-state index contributed by atoms with van der Waals surface area (Å²) in [6.45, 7) is 0. The maximum absolute atomic E-state index is 12.9. The summed E-state index contributed by atoms with van der Waals surface area (Å²) in [6, 6.07) is 2.90. The van der Waals surface area contributed by atoms with Crippen LogP contribution in [0.1, 0.15) is 12.0 Å². The fourth-order valence-electron chi connectivity index (χ4n) is 1.88. The number of alkyl halides is 2. The molecular formula is C10H7F2NO3. The van der Waals surface area contributed by atoms with E-state index in [1.165, 1.54) is 12.1 Å². The van der Waals surface area contributed by atoms with Crippen molar-refractivity contribution in [1.82, 2.24) is 0 Å². The van der Waals surface area contributed by atoms with E-state index in [1.54, 1.807) is 0 Å². The number of hydrogen-bond donors (Lipinski definition) is 1. The number of hydrogen-bond acceptors (Lipinski definition) is 3. The summed E-state index contributed by atoms with van der Waals surface area (Å²) in [4.78, 5) is 11.1. The molecule has 0 radical (unpaired) electrons. The van der Waals surface area contributed by atoms with Crippen molar-refractivity contribution in [1.29, 1.82) is 0 Å². The first-order valence-corrected chi connectivity index (χ1v) is 4.77. The third-order valence-electron chi connectivity index (χ3n) is 2.55. The zero-order valence-corrected chi connectivity index (χ0v) is 8.05. The zero-order valence-electron chi connectivity index (χ0n) is 8.05. The monoisotopic (exact) mass is 227 g/mol. The van der Waals surface area contributed by atoms with E-state index >= 15 is 0 Å². The molecule has 1 aromatic carbocycles. The van der Waals surface area contributed by atoms with Crippen LogP contribution in [-0.4, -0.2) is 12.2 Å². The molecule has 0 saturated heterocycles. The molecule has 4 nitrogen and oxygen atoms in total. The van der Waals surface area contributed by atoms with Gasteiger partial charge in [0, 0.05) is 17.7 Å². The summed E-state index contributed by atoms with van der Waals surface area (Å²) in [7, 11) is 0. The van der Waals surface area contributed by atoms with Crippen molar-refractivity contribution in [3.63, 3.8) is 0 Å². The van der Waals surface area contributed by atoms with Crippen LogP contribution in [0, 0.1) is 0 Å². The Hall–Kier alpha value is -1.85. The molecule has 1 aromatic rings. The highest BCUT2D eigenvalue weighted by Crippen LogP contribution is 2.47. The Kier molecular flexibility index (Phi) is 1.66. The van der Waals surface area contributed by atoms with Gasteiger partial charge in [-0.1, -0.05) is 0 Å². The lowest BCUT2D eigenvalue weighted by atomic mass is 10.0. The number of ether oxygens (including phenoxy) is 2. The number of carbonyl (C=O) groups is 1. The van der Waals surface area contributed by atoms with Crippen LogP contribution in [0.5, 0.6) is 11.5 Å². The molecule has 0 fully saturated rings. The van der Waals surface area contributed by atoms with Crippen LogP contribution in [0.25, 0.3) is 0 Å². The largest absolute Gasteiger partial charge is 0.586 e. The minimum atomic E-state index is -3.61. The summed E-state index contributed by atoms with van der Waals surface area (Å²) in [6.07, 6.45) is -2.97. The van der Waals surface area contributed by atoms with Crippen LogP contribution in [0.15, 0.2) is 12.1 Å². The summed E-state index contributed by atoms with van der Waals surface area (Å²) in [5.74, 6) is -0.0828. The van der Waals surface area contributed by atoms with Crippen molar-refractivity contribution in [2.45, 2.75) is 19.1 Å². The molecule has 0 atom stereocenters. The molecule has 0 spiro atoms. The number of rotatable bonds is 0. The fourth-order valence-corrected chi connectivity index (χ4v) is 1.88. The number of halogens is 2. The summed E-state index contributed by atoms with van der Waals surface area (Å²) in [5, 5.41) is 2.60. The Morgan fingerprint density at radius 1 is 1.25 bits per heavy atom. The molecule has 2 aliphatic heterocycles. The van der Waals surface area contributed by atoms with Gasteiger partial charge in [0.2, 0.25) is 5.91 Å². The lowest BCUT2D eigenvalue weighted by Crippen LogP contribution is -2.26. The van der Waals surface area contributed by atoms with Gasteiger partial charge in [-0.2, -0.15) is 0 Å². The molecule has 1 amide bonds. The van der Waals surface area contributed by atoms with Crippen LogP contribution in [0.2, 0.25) is 0 Å². The van der Waals surface area contributed by atoms with E-state index in [1.807, 2.05) is 0 Å². The highest BCUT2D eigenvalue weighted by molar-refractivity contribution is 5.94. The lowest BCUT2D eigenvalue weighted by Gasteiger charge is -2.17. The fraction of sp³-hybridized carbons (Fsp3) is 0.300. The van der Waals surface area contributed by atoms with Crippen molar-refractivity contribution in [2.75, 3.05) is 5.32 Å². The van der Waals surface area contributed by atoms with Crippen LogP contribution >= 0.6 is 0 Å². The van der Waals surface area contributed by atoms with Gasteiger partial charge < -0.3 is 14.8 Å². The summed E-state index contributed by atoms with van der Waals surface area (Å²) < 4.78 is 34.4. The Morgan fingerprint density at radius 3 is 2.88 bits per heavy atom. The summed E-state index contributed by atoms with van der Waals surface area (Å²) in [5.41, 5.74) is 1.07. The number of benzene rings is 1. The number of anilines is 1. The van der Waals surface area contributed by atoms with Gasteiger partial charge in [-0.25, -0.2) is 0 Å². The first kappa shape index (κ1) is 9.38. The van der Waals surface area contributed by atoms with E-state index in [4.69, 9.17) is 0 Å². The van der Waals surface area contributed by atoms with Crippen LogP contribution in [0.4, 0.5) is 14.5 Å². The molecule has 0 aliphatic carbocycles. The van der Waals surface area contributed by atoms with E-state index < -0.39 is 6.29 Å².